The Morgan fingerprint density at radius 3 is 2.90 bits per heavy atom. The molecule has 1 N–H and O–H groups in total. The van der Waals surface area contributed by atoms with E-state index in [0.29, 0.717) is 6.54 Å². The lowest BCUT2D eigenvalue weighted by Gasteiger charge is -2.22. The van der Waals surface area contributed by atoms with Crippen molar-refractivity contribution in [3.8, 4) is 0 Å². The van der Waals surface area contributed by atoms with Crippen molar-refractivity contribution in [2.75, 3.05) is 20.6 Å². The lowest BCUT2D eigenvalue weighted by atomic mass is 10.2. The Balaban J connectivity index is 0.00000220. The number of nitrogens with zero attached hydrogens (tertiary/aromatic N) is 5. The number of unbranched alkanes of at least 4 members (excludes halogenated alkanes) is 1. The molecule has 0 spiro atoms. The predicted molar refractivity (Wildman–Crippen MR) is 96.1 cm³/mol. The average Bonchev–Trinajstić information content (AvgIpc) is 2.89. The van der Waals surface area contributed by atoms with Crippen LogP contribution in [0, 0.1) is 0 Å². The molecule has 0 amide bonds. The molecule has 0 aromatic carbocycles. The Bertz CT molecular complexity index is 456. The van der Waals surface area contributed by atoms with E-state index in [1.807, 2.05) is 7.05 Å². The van der Waals surface area contributed by atoms with Gasteiger partial charge in [-0.15, -0.1) is 34.2 Å². The fourth-order valence-corrected chi connectivity index (χ4v) is 2.54. The zero-order valence-corrected chi connectivity index (χ0v) is 15.6. The molecule has 1 aliphatic rings. The number of fused-ring (bicyclic) bond motifs is 1. The van der Waals surface area contributed by atoms with E-state index in [0.717, 1.165) is 37.1 Å². The van der Waals surface area contributed by atoms with Gasteiger partial charge in [0.15, 0.2) is 11.8 Å². The molecule has 0 atom stereocenters. The standard InChI is InChI=1S/C14H26N6.HI/c1-4-5-9-19(3)14(15-2)16-11-13-18-17-12-8-6-7-10-20(12)13;/h4-11H2,1-3H3,(H,15,16);1H. The largest absolute Gasteiger partial charge is 0.349 e. The van der Waals surface area contributed by atoms with E-state index in [9.17, 15) is 0 Å². The fraction of sp³-hybridized carbons (Fsp3) is 0.786. The van der Waals surface area contributed by atoms with Crippen molar-refractivity contribution < 1.29 is 0 Å². The summed E-state index contributed by atoms with van der Waals surface area (Å²) in [5.41, 5.74) is 0. The Labute approximate surface area is 144 Å². The number of hydrogen-bond acceptors (Lipinski definition) is 3. The van der Waals surface area contributed by atoms with Gasteiger partial charge in [-0.3, -0.25) is 4.99 Å². The molecule has 6 nitrogen and oxygen atoms in total. The van der Waals surface area contributed by atoms with Crippen LogP contribution < -0.4 is 5.32 Å². The Morgan fingerprint density at radius 2 is 2.19 bits per heavy atom. The zero-order chi connectivity index (χ0) is 14.4. The number of halogens is 1. The molecule has 0 saturated heterocycles. The van der Waals surface area contributed by atoms with E-state index in [1.165, 1.54) is 25.7 Å². The maximum Gasteiger partial charge on any atom is 0.193 e. The summed E-state index contributed by atoms with van der Waals surface area (Å²) in [7, 11) is 3.90. The second kappa shape index (κ2) is 9.22. The quantitative estimate of drug-likeness (QED) is 0.462. The highest BCUT2D eigenvalue weighted by atomic mass is 127. The summed E-state index contributed by atoms with van der Waals surface area (Å²) in [6.45, 7) is 4.96. The van der Waals surface area contributed by atoms with E-state index in [4.69, 9.17) is 0 Å². The monoisotopic (exact) mass is 406 g/mol. The third kappa shape index (κ3) is 4.82. The molecule has 1 aromatic heterocycles. The molecule has 2 heterocycles. The van der Waals surface area contributed by atoms with Crippen molar-refractivity contribution in [1.29, 1.82) is 0 Å². The Morgan fingerprint density at radius 1 is 1.38 bits per heavy atom. The molecule has 0 aliphatic carbocycles. The van der Waals surface area contributed by atoms with Crippen molar-refractivity contribution in [2.45, 2.75) is 52.1 Å². The molecule has 2 rings (SSSR count). The minimum Gasteiger partial charge on any atom is -0.349 e. The van der Waals surface area contributed by atoms with Crippen LogP contribution in [0.2, 0.25) is 0 Å². The van der Waals surface area contributed by atoms with Crippen molar-refractivity contribution in [1.82, 2.24) is 25.0 Å². The van der Waals surface area contributed by atoms with Crippen molar-refractivity contribution in [3.63, 3.8) is 0 Å². The normalized spacial score (nSPS) is 14.3. The van der Waals surface area contributed by atoms with Crippen molar-refractivity contribution >= 4 is 29.9 Å². The van der Waals surface area contributed by atoms with Gasteiger partial charge < -0.3 is 14.8 Å². The summed E-state index contributed by atoms with van der Waals surface area (Å²) in [5, 5.41) is 12.0. The summed E-state index contributed by atoms with van der Waals surface area (Å²) >= 11 is 0. The van der Waals surface area contributed by atoms with Gasteiger partial charge in [0.2, 0.25) is 0 Å². The molecule has 0 unspecified atom stereocenters. The SMILES string of the molecule is CCCCN(C)C(=NC)NCc1nnc2n1CCCC2.I. The van der Waals surface area contributed by atoms with E-state index in [1.54, 1.807) is 0 Å². The van der Waals surface area contributed by atoms with E-state index in [2.05, 4.69) is 43.9 Å². The lowest BCUT2D eigenvalue weighted by molar-refractivity contribution is 0.459. The van der Waals surface area contributed by atoms with E-state index < -0.39 is 0 Å². The predicted octanol–water partition coefficient (Wildman–Crippen LogP) is 2.04. The minimum absolute atomic E-state index is 0. The van der Waals surface area contributed by atoms with Crippen LogP contribution in [0.1, 0.15) is 44.3 Å². The van der Waals surface area contributed by atoms with Gasteiger partial charge in [-0.25, -0.2) is 0 Å². The molecule has 0 fully saturated rings. The first-order valence-corrected chi connectivity index (χ1v) is 7.59. The van der Waals surface area contributed by atoms with Crippen LogP contribution >= 0.6 is 24.0 Å². The minimum atomic E-state index is 0. The number of aromatic nitrogens is 3. The summed E-state index contributed by atoms with van der Waals surface area (Å²) in [5.74, 6) is 3.07. The summed E-state index contributed by atoms with van der Waals surface area (Å²) in [6.07, 6.45) is 5.88. The fourth-order valence-electron chi connectivity index (χ4n) is 2.54. The first-order valence-electron chi connectivity index (χ1n) is 7.59. The van der Waals surface area contributed by atoms with Gasteiger partial charge in [0.05, 0.1) is 6.54 Å². The molecule has 120 valence electrons. The number of nitrogens with one attached hydrogen (secondary N) is 1. The number of aliphatic imine (C=N–C) groups is 1. The maximum atomic E-state index is 4.33. The molecule has 1 aliphatic heterocycles. The van der Waals surface area contributed by atoms with E-state index >= 15 is 0 Å². The molecule has 21 heavy (non-hydrogen) atoms. The van der Waals surface area contributed by atoms with Gasteiger partial charge in [0.25, 0.3) is 0 Å². The van der Waals surface area contributed by atoms with Crippen LogP contribution in [0.4, 0.5) is 0 Å². The molecule has 0 radical (unpaired) electrons. The molecule has 0 saturated carbocycles. The highest BCUT2D eigenvalue weighted by Crippen LogP contribution is 2.13. The molecule has 0 bridgehead atoms. The molecule has 7 heteroatoms. The van der Waals surface area contributed by atoms with Crippen molar-refractivity contribution in [2.24, 2.45) is 4.99 Å². The van der Waals surface area contributed by atoms with Gasteiger partial charge in [0.1, 0.15) is 5.82 Å². The maximum absolute atomic E-state index is 4.33. The summed E-state index contributed by atoms with van der Waals surface area (Å²) in [4.78, 5) is 6.49. The van der Waals surface area contributed by atoms with Crippen LogP contribution in [0.15, 0.2) is 4.99 Å². The van der Waals surface area contributed by atoms with Crippen LogP contribution in [0.5, 0.6) is 0 Å². The molecular weight excluding hydrogens is 379 g/mol. The third-order valence-electron chi connectivity index (χ3n) is 3.76. The van der Waals surface area contributed by atoms with Gasteiger partial charge in [-0.2, -0.15) is 0 Å². The smallest absolute Gasteiger partial charge is 0.193 e. The summed E-state index contributed by atoms with van der Waals surface area (Å²) < 4.78 is 2.25. The topological polar surface area (TPSA) is 58.3 Å². The second-order valence-electron chi connectivity index (χ2n) is 5.32. The van der Waals surface area contributed by atoms with Gasteiger partial charge in [0, 0.05) is 33.6 Å². The number of hydrogen-bond donors (Lipinski definition) is 1. The van der Waals surface area contributed by atoms with Gasteiger partial charge in [-0.05, 0) is 19.3 Å². The first-order chi connectivity index (χ1) is 9.76. The Hall–Kier alpha value is -0.860. The second-order valence-corrected chi connectivity index (χ2v) is 5.32. The molecular formula is C14H27IN6. The number of rotatable bonds is 5. The highest BCUT2D eigenvalue weighted by Gasteiger charge is 2.16. The zero-order valence-electron chi connectivity index (χ0n) is 13.3. The van der Waals surface area contributed by atoms with Crippen LogP contribution in [0.3, 0.4) is 0 Å². The van der Waals surface area contributed by atoms with Crippen LogP contribution in [-0.4, -0.2) is 46.3 Å². The third-order valence-corrected chi connectivity index (χ3v) is 3.76. The number of aryl methyl sites for hydroxylation is 1. The summed E-state index contributed by atoms with van der Waals surface area (Å²) in [6, 6.07) is 0. The Kier molecular flexibility index (Phi) is 7.98. The van der Waals surface area contributed by atoms with Gasteiger partial charge >= 0.3 is 0 Å². The van der Waals surface area contributed by atoms with Crippen molar-refractivity contribution in [3.05, 3.63) is 11.6 Å². The van der Waals surface area contributed by atoms with E-state index in [-0.39, 0.29) is 24.0 Å². The highest BCUT2D eigenvalue weighted by molar-refractivity contribution is 14.0. The number of guanidine groups is 1. The van der Waals surface area contributed by atoms with Gasteiger partial charge in [-0.1, -0.05) is 13.3 Å². The average molecular weight is 406 g/mol. The van der Waals surface area contributed by atoms with Crippen LogP contribution in [0.25, 0.3) is 0 Å². The molecule has 1 aromatic rings. The lowest BCUT2D eigenvalue weighted by Crippen LogP contribution is -2.39. The van der Waals surface area contributed by atoms with Crippen LogP contribution in [-0.2, 0) is 19.5 Å². The first kappa shape index (κ1) is 18.2.